The van der Waals surface area contributed by atoms with E-state index in [-0.39, 0.29) is 0 Å². The van der Waals surface area contributed by atoms with Crippen LogP contribution >= 0.6 is 0 Å². The Morgan fingerprint density at radius 2 is 1.79 bits per heavy atom. The van der Waals surface area contributed by atoms with Crippen LogP contribution in [0.4, 0.5) is 0 Å². The second-order valence-electron chi connectivity index (χ2n) is 5.10. The number of nitrogens with zero attached hydrogens (tertiary/aromatic N) is 2. The van der Waals surface area contributed by atoms with E-state index < -0.39 is 0 Å². The molecule has 0 radical (unpaired) electrons. The van der Waals surface area contributed by atoms with Gasteiger partial charge in [0.15, 0.2) is 0 Å². The van der Waals surface area contributed by atoms with Gasteiger partial charge in [0.25, 0.3) is 0 Å². The molecule has 1 aromatic heterocycles. The third kappa shape index (κ3) is 1.60. The second kappa shape index (κ2) is 3.82. The molecule has 0 unspecified atom stereocenters. The molecule has 19 heavy (non-hydrogen) atoms. The zero-order chi connectivity index (χ0) is 12.8. The first-order chi connectivity index (χ1) is 9.31. The minimum absolute atomic E-state index is 0.935. The molecular weight excluding hydrogens is 232 g/mol. The van der Waals surface area contributed by atoms with Crippen LogP contribution in [0.15, 0.2) is 54.7 Å². The Bertz CT molecular complexity index is 751. The van der Waals surface area contributed by atoms with Gasteiger partial charge in [0.05, 0.1) is 5.69 Å². The van der Waals surface area contributed by atoms with Crippen molar-refractivity contribution in [2.24, 2.45) is 0 Å². The molecule has 0 aliphatic carbocycles. The molecule has 0 N–H and O–H groups in total. The van der Waals surface area contributed by atoms with E-state index in [9.17, 15) is 0 Å². The van der Waals surface area contributed by atoms with Crippen LogP contribution in [-0.2, 0) is 6.54 Å². The van der Waals surface area contributed by atoms with E-state index in [1.54, 1.807) is 0 Å². The fraction of sp³-hybridized carbons (Fsp3) is 0.118. The number of hydrogen-bond donors (Lipinski definition) is 0. The standard InChI is InChI=1S/C17H14N2/c1-12-6-8-13(9-7-12)16-11-19-10-14-4-2-3-5-15(14)17(19)18-16/h2-9,11H,10H2,1H3. The van der Waals surface area contributed by atoms with Crippen molar-refractivity contribution < 1.29 is 0 Å². The highest BCUT2D eigenvalue weighted by Gasteiger charge is 2.20. The van der Waals surface area contributed by atoms with E-state index in [2.05, 4.69) is 66.2 Å². The molecule has 2 heteroatoms. The van der Waals surface area contributed by atoms with E-state index in [1.807, 2.05) is 0 Å². The maximum Gasteiger partial charge on any atom is 0.141 e. The highest BCUT2D eigenvalue weighted by Crippen LogP contribution is 2.33. The van der Waals surface area contributed by atoms with Gasteiger partial charge in [-0.3, -0.25) is 0 Å². The molecule has 0 fully saturated rings. The third-order valence-electron chi connectivity index (χ3n) is 3.72. The lowest BCUT2D eigenvalue weighted by Gasteiger charge is -1.99. The summed E-state index contributed by atoms with van der Waals surface area (Å²) in [5.74, 6) is 1.09. The minimum atomic E-state index is 0.935. The van der Waals surface area contributed by atoms with Gasteiger partial charge in [-0.05, 0) is 12.5 Å². The molecule has 1 aliphatic rings. The van der Waals surface area contributed by atoms with Crippen molar-refractivity contribution in [2.45, 2.75) is 13.5 Å². The first-order valence-corrected chi connectivity index (χ1v) is 6.54. The van der Waals surface area contributed by atoms with Gasteiger partial charge in [-0.1, -0.05) is 54.1 Å². The van der Waals surface area contributed by atoms with Crippen molar-refractivity contribution in [2.75, 3.05) is 0 Å². The SMILES string of the molecule is Cc1ccc(-c2cn3c(n2)-c2ccccc2C3)cc1. The lowest BCUT2D eigenvalue weighted by molar-refractivity contribution is 0.848. The molecule has 0 spiro atoms. The zero-order valence-corrected chi connectivity index (χ0v) is 10.8. The Hall–Kier alpha value is -2.35. The fourth-order valence-corrected chi connectivity index (χ4v) is 2.67. The summed E-state index contributed by atoms with van der Waals surface area (Å²) >= 11 is 0. The van der Waals surface area contributed by atoms with Crippen molar-refractivity contribution in [3.8, 4) is 22.6 Å². The largest absolute Gasteiger partial charge is 0.326 e. The number of fused-ring (bicyclic) bond motifs is 3. The molecule has 3 aromatic rings. The van der Waals surface area contributed by atoms with Gasteiger partial charge in [-0.25, -0.2) is 4.98 Å². The van der Waals surface area contributed by atoms with E-state index in [0.717, 1.165) is 18.1 Å². The summed E-state index contributed by atoms with van der Waals surface area (Å²) in [4.78, 5) is 4.79. The van der Waals surface area contributed by atoms with Crippen LogP contribution < -0.4 is 0 Å². The average molecular weight is 246 g/mol. The molecule has 2 heterocycles. The smallest absolute Gasteiger partial charge is 0.141 e. The minimum Gasteiger partial charge on any atom is -0.326 e. The maximum atomic E-state index is 4.79. The predicted octanol–water partition coefficient (Wildman–Crippen LogP) is 3.89. The molecule has 4 rings (SSSR count). The van der Waals surface area contributed by atoms with E-state index in [1.165, 1.54) is 22.3 Å². The van der Waals surface area contributed by atoms with Crippen LogP contribution in [0.3, 0.4) is 0 Å². The van der Waals surface area contributed by atoms with Gasteiger partial charge in [0, 0.05) is 23.9 Å². The summed E-state index contributed by atoms with van der Waals surface area (Å²) in [7, 11) is 0. The van der Waals surface area contributed by atoms with Crippen LogP contribution in [0.5, 0.6) is 0 Å². The molecule has 0 atom stereocenters. The van der Waals surface area contributed by atoms with Crippen molar-refractivity contribution >= 4 is 0 Å². The van der Waals surface area contributed by atoms with Gasteiger partial charge in [0.1, 0.15) is 5.82 Å². The number of aryl methyl sites for hydroxylation is 1. The van der Waals surface area contributed by atoms with E-state index in [0.29, 0.717) is 0 Å². The summed E-state index contributed by atoms with van der Waals surface area (Å²) in [6, 6.07) is 17.0. The highest BCUT2D eigenvalue weighted by atomic mass is 15.1. The molecule has 2 aromatic carbocycles. The highest BCUT2D eigenvalue weighted by molar-refractivity contribution is 5.70. The summed E-state index contributed by atoms with van der Waals surface area (Å²) < 4.78 is 2.24. The van der Waals surface area contributed by atoms with E-state index >= 15 is 0 Å². The van der Waals surface area contributed by atoms with Gasteiger partial charge in [0.2, 0.25) is 0 Å². The number of rotatable bonds is 1. The topological polar surface area (TPSA) is 17.8 Å². The molecular formula is C17H14N2. The summed E-state index contributed by atoms with van der Waals surface area (Å²) in [5, 5.41) is 0. The van der Waals surface area contributed by atoms with Gasteiger partial charge in [-0.2, -0.15) is 0 Å². The van der Waals surface area contributed by atoms with Crippen molar-refractivity contribution in [1.29, 1.82) is 0 Å². The summed E-state index contributed by atoms with van der Waals surface area (Å²) in [6.45, 7) is 3.04. The van der Waals surface area contributed by atoms with Crippen LogP contribution in [0.25, 0.3) is 22.6 Å². The van der Waals surface area contributed by atoms with Crippen LogP contribution in [0.1, 0.15) is 11.1 Å². The first-order valence-electron chi connectivity index (χ1n) is 6.54. The van der Waals surface area contributed by atoms with E-state index in [4.69, 9.17) is 4.98 Å². The molecule has 0 amide bonds. The monoisotopic (exact) mass is 246 g/mol. The quantitative estimate of drug-likeness (QED) is 0.498. The van der Waals surface area contributed by atoms with Gasteiger partial charge < -0.3 is 4.57 Å². The first kappa shape index (κ1) is 10.6. The third-order valence-corrected chi connectivity index (χ3v) is 3.72. The van der Waals surface area contributed by atoms with Gasteiger partial charge in [-0.15, -0.1) is 0 Å². The normalized spacial score (nSPS) is 12.3. The maximum absolute atomic E-state index is 4.79. The van der Waals surface area contributed by atoms with Crippen molar-refractivity contribution in [1.82, 2.24) is 9.55 Å². The number of hydrogen-bond acceptors (Lipinski definition) is 1. The average Bonchev–Trinajstić information content (AvgIpc) is 2.97. The molecule has 92 valence electrons. The Morgan fingerprint density at radius 1 is 1.00 bits per heavy atom. The van der Waals surface area contributed by atoms with Gasteiger partial charge >= 0.3 is 0 Å². The Labute approximate surface area is 112 Å². The Kier molecular flexibility index (Phi) is 2.12. The van der Waals surface area contributed by atoms with Crippen LogP contribution in [0.2, 0.25) is 0 Å². The molecule has 0 saturated heterocycles. The lowest BCUT2D eigenvalue weighted by atomic mass is 10.1. The number of benzene rings is 2. The number of imidazole rings is 1. The summed E-state index contributed by atoms with van der Waals surface area (Å²) in [5.41, 5.74) is 6.15. The van der Waals surface area contributed by atoms with Crippen molar-refractivity contribution in [3.05, 3.63) is 65.9 Å². The molecule has 1 aliphatic heterocycles. The van der Waals surface area contributed by atoms with Crippen molar-refractivity contribution in [3.63, 3.8) is 0 Å². The molecule has 2 nitrogen and oxygen atoms in total. The molecule has 0 saturated carbocycles. The Morgan fingerprint density at radius 3 is 2.63 bits per heavy atom. The fourth-order valence-electron chi connectivity index (χ4n) is 2.67. The lowest BCUT2D eigenvalue weighted by Crippen LogP contribution is -1.89. The predicted molar refractivity (Wildman–Crippen MR) is 76.9 cm³/mol. The number of aromatic nitrogens is 2. The summed E-state index contributed by atoms with van der Waals surface area (Å²) in [6.07, 6.45) is 2.15. The Balaban J connectivity index is 1.82. The van der Waals surface area contributed by atoms with Crippen LogP contribution in [0, 0.1) is 6.92 Å². The molecule has 0 bridgehead atoms. The second-order valence-corrected chi connectivity index (χ2v) is 5.10. The zero-order valence-electron chi connectivity index (χ0n) is 10.8. The van der Waals surface area contributed by atoms with Crippen LogP contribution in [-0.4, -0.2) is 9.55 Å².